The lowest BCUT2D eigenvalue weighted by molar-refractivity contribution is 1.01. The van der Waals surface area contributed by atoms with Crippen LogP contribution in [0.2, 0.25) is 0 Å². The number of anilines is 2. The zero-order chi connectivity index (χ0) is 13.9. The van der Waals surface area contributed by atoms with Crippen molar-refractivity contribution >= 4 is 22.1 Å². The Hall–Kier alpha value is -2.69. The molecule has 0 aliphatic heterocycles. The lowest BCUT2D eigenvalue weighted by Crippen LogP contribution is -2.03. The molecule has 5 heteroatoms. The van der Waals surface area contributed by atoms with Crippen molar-refractivity contribution in [1.29, 1.82) is 0 Å². The number of fused-ring (bicyclic) bond motifs is 1. The number of nitrogens with zero attached hydrogens (tertiary/aromatic N) is 3. The Kier molecular flexibility index (Phi) is 3.16. The smallest absolute Gasteiger partial charge is 0.115 e. The van der Waals surface area contributed by atoms with Crippen LogP contribution in [-0.2, 0) is 6.54 Å². The van der Waals surface area contributed by atoms with Crippen LogP contribution >= 0.6 is 0 Å². The molecule has 0 unspecified atom stereocenters. The van der Waals surface area contributed by atoms with Crippen LogP contribution in [0.1, 0.15) is 11.4 Å². The molecule has 0 fully saturated rings. The highest BCUT2D eigenvalue weighted by molar-refractivity contribution is 6.00. The Morgan fingerprint density at radius 3 is 2.85 bits per heavy atom. The van der Waals surface area contributed by atoms with E-state index >= 15 is 0 Å². The van der Waals surface area contributed by atoms with Crippen LogP contribution in [-0.4, -0.2) is 15.0 Å². The van der Waals surface area contributed by atoms with Crippen LogP contribution in [0.25, 0.3) is 10.8 Å². The number of aromatic nitrogens is 3. The van der Waals surface area contributed by atoms with Gasteiger partial charge >= 0.3 is 0 Å². The molecule has 3 aromatic rings. The molecule has 0 atom stereocenters. The second-order valence-corrected chi connectivity index (χ2v) is 4.63. The Bertz CT molecular complexity index is 740. The fourth-order valence-electron chi connectivity index (χ4n) is 2.13. The van der Waals surface area contributed by atoms with Gasteiger partial charge < -0.3 is 11.1 Å². The van der Waals surface area contributed by atoms with E-state index in [1.807, 2.05) is 37.4 Å². The van der Waals surface area contributed by atoms with Gasteiger partial charge in [0.1, 0.15) is 6.33 Å². The Balaban J connectivity index is 1.95. The number of hydrogen-bond acceptors (Lipinski definition) is 5. The van der Waals surface area contributed by atoms with Crippen molar-refractivity contribution in [2.24, 2.45) is 0 Å². The third kappa shape index (κ3) is 2.38. The first-order valence-electron chi connectivity index (χ1n) is 6.37. The number of nitrogen functional groups attached to an aromatic ring is 1. The first-order valence-corrected chi connectivity index (χ1v) is 6.37. The summed E-state index contributed by atoms with van der Waals surface area (Å²) in [6, 6.07) is 7.80. The largest absolute Gasteiger partial charge is 0.398 e. The van der Waals surface area contributed by atoms with Gasteiger partial charge in [0.15, 0.2) is 0 Å². The molecule has 1 aromatic carbocycles. The average Bonchev–Trinajstić information content (AvgIpc) is 2.47. The zero-order valence-corrected chi connectivity index (χ0v) is 11.2. The Morgan fingerprint density at radius 1 is 1.15 bits per heavy atom. The molecule has 0 aliphatic carbocycles. The van der Waals surface area contributed by atoms with Crippen molar-refractivity contribution in [3.63, 3.8) is 0 Å². The number of hydrogen-bond donors (Lipinski definition) is 2. The third-order valence-electron chi connectivity index (χ3n) is 3.17. The maximum atomic E-state index is 5.99. The zero-order valence-electron chi connectivity index (χ0n) is 11.2. The van der Waals surface area contributed by atoms with E-state index in [-0.39, 0.29) is 0 Å². The standard InChI is InChI=1S/C15H15N5/c1-10-6-12-13(8-18-10)14(16)2-3-15(12)19-7-11-4-5-17-9-20-11/h2-6,8-9,19H,7,16H2,1H3. The molecule has 0 saturated carbocycles. The Morgan fingerprint density at radius 2 is 2.05 bits per heavy atom. The summed E-state index contributed by atoms with van der Waals surface area (Å²) in [7, 11) is 0. The van der Waals surface area contributed by atoms with E-state index in [1.54, 1.807) is 12.5 Å². The van der Waals surface area contributed by atoms with Gasteiger partial charge in [-0.05, 0) is 31.2 Å². The minimum atomic E-state index is 0.642. The topological polar surface area (TPSA) is 76.7 Å². The maximum Gasteiger partial charge on any atom is 0.115 e. The molecular formula is C15H15N5. The first kappa shape index (κ1) is 12.3. The normalized spacial score (nSPS) is 10.7. The molecule has 2 heterocycles. The number of nitrogens with one attached hydrogen (secondary N) is 1. The van der Waals surface area contributed by atoms with Crippen molar-refractivity contribution in [2.45, 2.75) is 13.5 Å². The molecule has 0 bridgehead atoms. The molecule has 0 radical (unpaired) electrons. The molecule has 3 rings (SSSR count). The molecule has 3 N–H and O–H groups in total. The molecular weight excluding hydrogens is 250 g/mol. The van der Waals surface area contributed by atoms with Gasteiger partial charge in [-0.15, -0.1) is 0 Å². The summed E-state index contributed by atoms with van der Waals surface area (Å²) in [5.41, 5.74) is 9.66. The number of pyridine rings is 1. The summed E-state index contributed by atoms with van der Waals surface area (Å²) in [5.74, 6) is 0. The van der Waals surface area contributed by atoms with Gasteiger partial charge in [-0.2, -0.15) is 0 Å². The van der Waals surface area contributed by atoms with E-state index in [4.69, 9.17) is 5.73 Å². The monoisotopic (exact) mass is 265 g/mol. The highest BCUT2D eigenvalue weighted by atomic mass is 14.9. The van der Waals surface area contributed by atoms with E-state index in [0.717, 1.165) is 33.5 Å². The number of nitrogens with two attached hydrogens (primary N) is 1. The fraction of sp³-hybridized carbons (Fsp3) is 0.133. The van der Waals surface area contributed by atoms with Crippen molar-refractivity contribution in [2.75, 3.05) is 11.1 Å². The molecule has 0 aliphatic rings. The quantitative estimate of drug-likeness (QED) is 0.712. The molecule has 100 valence electrons. The summed E-state index contributed by atoms with van der Waals surface area (Å²) in [6.07, 6.45) is 5.10. The lowest BCUT2D eigenvalue weighted by Gasteiger charge is -2.11. The van der Waals surface area contributed by atoms with E-state index in [9.17, 15) is 0 Å². The number of rotatable bonds is 3. The second-order valence-electron chi connectivity index (χ2n) is 4.63. The third-order valence-corrected chi connectivity index (χ3v) is 3.17. The van der Waals surface area contributed by atoms with Gasteiger partial charge in [-0.1, -0.05) is 0 Å². The van der Waals surface area contributed by atoms with Gasteiger partial charge in [0.25, 0.3) is 0 Å². The van der Waals surface area contributed by atoms with Gasteiger partial charge in [0.2, 0.25) is 0 Å². The summed E-state index contributed by atoms with van der Waals surface area (Å²) in [6.45, 7) is 2.61. The van der Waals surface area contributed by atoms with E-state index in [2.05, 4.69) is 20.3 Å². The van der Waals surface area contributed by atoms with Crippen LogP contribution < -0.4 is 11.1 Å². The van der Waals surface area contributed by atoms with E-state index < -0.39 is 0 Å². The SMILES string of the molecule is Cc1cc2c(NCc3ccncn3)ccc(N)c2cn1. The van der Waals surface area contributed by atoms with Crippen LogP contribution in [0.3, 0.4) is 0 Å². The molecule has 0 saturated heterocycles. The Labute approximate surface area is 116 Å². The van der Waals surface area contributed by atoms with Gasteiger partial charge in [0.05, 0.1) is 12.2 Å². The van der Waals surface area contributed by atoms with Crippen molar-refractivity contribution in [1.82, 2.24) is 15.0 Å². The summed E-state index contributed by atoms with van der Waals surface area (Å²) < 4.78 is 0. The van der Waals surface area contributed by atoms with E-state index in [1.165, 1.54) is 0 Å². The minimum absolute atomic E-state index is 0.642. The van der Waals surface area contributed by atoms with Crippen LogP contribution in [0, 0.1) is 6.92 Å². The summed E-state index contributed by atoms with van der Waals surface area (Å²) in [5, 5.41) is 5.42. The molecule has 20 heavy (non-hydrogen) atoms. The van der Waals surface area contributed by atoms with Crippen LogP contribution in [0.4, 0.5) is 11.4 Å². The molecule has 0 amide bonds. The first-order chi connectivity index (χ1) is 9.74. The average molecular weight is 265 g/mol. The lowest BCUT2D eigenvalue weighted by atomic mass is 10.1. The minimum Gasteiger partial charge on any atom is -0.398 e. The highest BCUT2D eigenvalue weighted by Gasteiger charge is 2.05. The number of benzene rings is 1. The highest BCUT2D eigenvalue weighted by Crippen LogP contribution is 2.28. The van der Waals surface area contributed by atoms with Gasteiger partial charge in [-0.25, -0.2) is 9.97 Å². The molecule has 2 aromatic heterocycles. The van der Waals surface area contributed by atoms with Crippen LogP contribution in [0.5, 0.6) is 0 Å². The molecule has 0 spiro atoms. The van der Waals surface area contributed by atoms with Crippen molar-refractivity contribution < 1.29 is 0 Å². The molecule has 5 nitrogen and oxygen atoms in total. The van der Waals surface area contributed by atoms with Crippen molar-refractivity contribution in [3.8, 4) is 0 Å². The summed E-state index contributed by atoms with van der Waals surface area (Å²) in [4.78, 5) is 12.4. The van der Waals surface area contributed by atoms with Crippen molar-refractivity contribution in [3.05, 3.63) is 54.4 Å². The summed E-state index contributed by atoms with van der Waals surface area (Å²) >= 11 is 0. The predicted octanol–water partition coefficient (Wildman–Crippen LogP) is 2.53. The fourth-order valence-corrected chi connectivity index (χ4v) is 2.13. The van der Waals surface area contributed by atoms with E-state index in [0.29, 0.717) is 6.54 Å². The number of aryl methyl sites for hydroxylation is 1. The van der Waals surface area contributed by atoms with Crippen LogP contribution in [0.15, 0.2) is 43.0 Å². The van der Waals surface area contributed by atoms with Gasteiger partial charge in [-0.3, -0.25) is 4.98 Å². The second kappa shape index (κ2) is 5.13. The maximum absolute atomic E-state index is 5.99. The van der Waals surface area contributed by atoms with Gasteiger partial charge in [0, 0.05) is 40.2 Å². The predicted molar refractivity (Wildman–Crippen MR) is 80.3 cm³/mol.